The minimum absolute atomic E-state index is 0.0220. The van der Waals surface area contributed by atoms with E-state index in [0.29, 0.717) is 47.7 Å². The molecule has 2 heterocycles. The van der Waals surface area contributed by atoms with Crippen molar-refractivity contribution in [1.29, 1.82) is 0 Å². The van der Waals surface area contributed by atoms with Gasteiger partial charge in [0, 0.05) is 48.0 Å². The summed E-state index contributed by atoms with van der Waals surface area (Å²) in [6.07, 6.45) is 4.49. The molecular formula is C35H46N2O6S. The van der Waals surface area contributed by atoms with Gasteiger partial charge in [-0.25, -0.2) is 0 Å². The van der Waals surface area contributed by atoms with Gasteiger partial charge in [-0.3, -0.25) is 9.78 Å². The molecule has 1 aromatic heterocycles. The van der Waals surface area contributed by atoms with E-state index in [0.717, 1.165) is 36.1 Å². The Kier molecular flexibility index (Phi) is 11.6. The molecule has 3 atom stereocenters. The van der Waals surface area contributed by atoms with E-state index in [9.17, 15) is 20.1 Å². The van der Waals surface area contributed by atoms with Crippen LogP contribution in [-0.2, 0) is 17.8 Å². The SMILES string of the molecule is CCCCC1(CCCC)[C@H](O)[C@H](c2ccc(OCc3cccc(CCC(=O)O)n3)cc2)c2c(ccc(N(C)C)c2O)S[C@@H]1O. The Morgan fingerprint density at radius 2 is 1.64 bits per heavy atom. The number of phenols is 1. The van der Waals surface area contributed by atoms with E-state index in [1.54, 1.807) is 0 Å². The van der Waals surface area contributed by atoms with Crippen molar-refractivity contribution in [3.05, 3.63) is 77.1 Å². The number of unbranched alkanes of at least 4 members (excludes halogenated alkanes) is 2. The number of thioether (sulfide) groups is 1. The lowest BCUT2D eigenvalue weighted by molar-refractivity contribution is -0.136. The average molecular weight is 623 g/mol. The number of carboxylic acids is 1. The average Bonchev–Trinajstić information content (AvgIpc) is 3.09. The number of ether oxygens (including phenoxy) is 1. The molecule has 2 aromatic carbocycles. The Balaban J connectivity index is 1.69. The zero-order valence-corrected chi connectivity index (χ0v) is 27.0. The number of hydrogen-bond donors (Lipinski definition) is 4. The molecule has 0 bridgehead atoms. The number of phenolic OH excluding ortho intramolecular Hbond substituents is 1. The van der Waals surface area contributed by atoms with Crippen LogP contribution >= 0.6 is 11.8 Å². The normalized spacial score (nSPS) is 19.2. The number of benzene rings is 2. The first kappa shape index (κ1) is 33.6. The summed E-state index contributed by atoms with van der Waals surface area (Å²) in [5.41, 5.74) is 1.95. The van der Waals surface area contributed by atoms with Crippen molar-refractivity contribution in [2.45, 2.75) is 94.2 Å². The molecule has 1 aliphatic rings. The largest absolute Gasteiger partial charge is 0.505 e. The fourth-order valence-corrected chi connectivity index (χ4v) is 7.50. The topological polar surface area (TPSA) is 123 Å². The first-order valence-corrected chi connectivity index (χ1v) is 16.4. The van der Waals surface area contributed by atoms with Crippen LogP contribution in [0.3, 0.4) is 0 Å². The molecule has 0 aliphatic carbocycles. The van der Waals surface area contributed by atoms with Gasteiger partial charge in [0.05, 0.1) is 23.9 Å². The van der Waals surface area contributed by atoms with Crippen LogP contribution in [0.15, 0.2) is 59.5 Å². The number of aromatic nitrogens is 1. The molecule has 238 valence electrons. The monoisotopic (exact) mass is 622 g/mol. The van der Waals surface area contributed by atoms with Gasteiger partial charge in [-0.2, -0.15) is 0 Å². The highest BCUT2D eigenvalue weighted by molar-refractivity contribution is 7.99. The van der Waals surface area contributed by atoms with Crippen LogP contribution in [0.5, 0.6) is 11.5 Å². The van der Waals surface area contributed by atoms with Gasteiger partial charge in [0.2, 0.25) is 0 Å². The van der Waals surface area contributed by atoms with Crippen molar-refractivity contribution in [3.8, 4) is 11.5 Å². The van der Waals surface area contributed by atoms with Crippen LogP contribution in [0.4, 0.5) is 5.69 Å². The summed E-state index contributed by atoms with van der Waals surface area (Å²) in [7, 11) is 3.75. The minimum Gasteiger partial charge on any atom is -0.505 e. The number of aliphatic hydroxyl groups excluding tert-OH is 2. The smallest absolute Gasteiger partial charge is 0.303 e. The van der Waals surface area contributed by atoms with Gasteiger partial charge in [0.1, 0.15) is 23.5 Å². The third-order valence-electron chi connectivity index (χ3n) is 8.66. The van der Waals surface area contributed by atoms with Crippen LogP contribution in [0.2, 0.25) is 0 Å². The number of nitrogens with zero attached hydrogens (tertiary/aromatic N) is 2. The second kappa shape index (κ2) is 15.1. The molecule has 0 amide bonds. The molecule has 4 N–H and O–H groups in total. The molecule has 3 aromatic rings. The van der Waals surface area contributed by atoms with Crippen LogP contribution in [0.1, 0.15) is 87.2 Å². The molecule has 4 rings (SSSR count). The van der Waals surface area contributed by atoms with E-state index in [-0.39, 0.29) is 18.8 Å². The van der Waals surface area contributed by atoms with Crippen molar-refractivity contribution in [2.75, 3.05) is 19.0 Å². The van der Waals surface area contributed by atoms with Gasteiger partial charge >= 0.3 is 5.97 Å². The van der Waals surface area contributed by atoms with Gasteiger partial charge in [-0.1, -0.05) is 69.5 Å². The Labute approximate surface area is 265 Å². The predicted molar refractivity (Wildman–Crippen MR) is 175 cm³/mol. The predicted octanol–water partition coefficient (Wildman–Crippen LogP) is 6.73. The number of hydrogen-bond acceptors (Lipinski definition) is 8. The highest BCUT2D eigenvalue weighted by atomic mass is 32.2. The summed E-state index contributed by atoms with van der Waals surface area (Å²) in [6.45, 7) is 4.47. The third-order valence-corrected chi connectivity index (χ3v) is 9.96. The van der Waals surface area contributed by atoms with Crippen molar-refractivity contribution in [1.82, 2.24) is 4.98 Å². The Morgan fingerprint density at radius 3 is 2.25 bits per heavy atom. The summed E-state index contributed by atoms with van der Waals surface area (Å²) < 4.78 is 6.03. The third kappa shape index (κ3) is 7.50. The number of aliphatic hydroxyl groups is 2. The molecule has 8 nitrogen and oxygen atoms in total. The first-order valence-electron chi connectivity index (χ1n) is 15.6. The van der Waals surface area contributed by atoms with Crippen molar-refractivity contribution in [3.63, 3.8) is 0 Å². The highest BCUT2D eigenvalue weighted by Crippen LogP contribution is 2.57. The lowest BCUT2D eigenvalue weighted by Crippen LogP contribution is -2.46. The van der Waals surface area contributed by atoms with Crippen LogP contribution in [0, 0.1) is 5.41 Å². The molecule has 1 aliphatic heterocycles. The number of rotatable bonds is 14. The number of pyridine rings is 1. The number of carbonyl (C=O) groups is 1. The van der Waals surface area contributed by atoms with E-state index in [2.05, 4.69) is 18.8 Å². The number of carboxylic acid groups (broad SMARTS) is 1. The number of anilines is 1. The molecule has 0 radical (unpaired) electrons. The van der Waals surface area contributed by atoms with Gasteiger partial charge < -0.3 is 30.1 Å². The number of aryl methyl sites for hydroxylation is 1. The number of aromatic hydroxyl groups is 1. The molecule has 0 spiro atoms. The lowest BCUT2D eigenvalue weighted by atomic mass is 9.67. The maximum atomic E-state index is 12.4. The van der Waals surface area contributed by atoms with Crippen molar-refractivity contribution < 1.29 is 30.0 Å². The maximum Gasteiger partial charge on any atom is 0.303 e. The Hall–Kier alpha value is -3.27. The molecule has 0 saturated carbocycles. The van der Waals surface area contributed by atoms with Crippen molar-refractivity contribution in [2.24, 2.45) is 5.41 Å². The standard InChI is InChI=1S/C35H46N2O6S/c1-5-7-20-35(21-8-6-2)33(41)30(31-28(44-34(35)42)18-17-27(32(31)40)37(3)4)23-12-15-26(16-13-23)43-22-25-11-9-10-24(36-25)14-19-29(38)39/h9-13,15-18,30,33-34,40-42H,5-8,14,19-22H2,1-4H3,(H,38,39)/t30-,33-,34+/m1/s1. The molecular weight excluding hydrogens is 576 g/mol. The van der Waals surface area contributed by atoms with E-state index >= 15 is 0 Å². The van der Waals surface area contributed by atoms with Crippen molar-refractivity contribution >= 4 is 23.4 Å². The Bertz CT molecular complexity index is 1390. The lowest BCUT2D eigenvalue weighted by Gasteiger charge is -2.43. The summed E-state index contributed by atoms with van der Waals surface area (Å²) >= 11 is 1.35. The molecule has 9 heteroatoms. The van der Waals surface area contributed by atoms with E-state index in [4.69, 9.17) is 9.84 Å². The summed E-state index contributed by atoms with van der Waals surface area (Å²) in [6, 6.07) is 16.9. The van der Waals surface area contributed by atoms with E-state index < -0.39 is 28.8 Å². The molecule has 0 fully saturated rings. The number of fused-ring (bicyclic) bond motifs is 1. The summed E-state index contributed by atoms with van der Waals surface area (Å²) in [5, 5.41) is 44.8. The van der Waals surface area contributed by atoms with Gasteiger partial charge in [-0.15, -0.1) is 0 Å². The minimum atomic E-state index is -0.933. The fourth-order valence-electron chi connectivity index (χ4n) is 6.16. The fraction of sp³-hybridized carbons (Fsp3) is 0.486. The zero-order chi connectivity index (χ0) is 31.9. The van der Waals surface area contributed by atoms with Crippen LogP contribution in [-0.4, -0.2) is 57.0 Å². The number of aliphatic carboxylic acids is 1. The highest BCUT2D eigenvalue weighted by Gasteiger charge is 2.51. The van der Waals surface area contributed by atoms with Crippen LogP contribution < -0.4 is 9.64 Å². The van der Waals surface area contributed by atoms with Crippen LogP contribution in [0.25, 0.3) is 0 Å². The van der Waals surface area contributed by atoms with Gasteiger partial charge in [0.25, 0.3) is 0 Å². The second-order valence-electron chi connectivity index (χ2n) is 11.9. The molecule has 44 heavy (non-hydrogen) atoms. The Morgan fingerprint density at radius 1 is 0.977 bits per heavy atom. The quantitative estimate of drug-likeness (QED) is 0.155. The zero-order valence-electron chi connectivity index (χ0n) is 26.2. The molecule has 0 saturated heterocycles. The summed E-state index contributed by atoms with van der Waals surface area (Å²) in [5.74, 6) is -0.682. The second-order valence-corrected chi connectivity index (χ2v) is 13.1. The van der Waals surface area contributed by atoms with E-state index in [1.165, 1.54) is 11.8 Å². The van der Waals surface area contributed by atoms with E-state index in [1.807, 2.05) is 73.6 Å². The van der Waals surface area contributed by atoms with Gasteiger partial charge in [0.15, 0.2) is 0 Å². The van der Waals surface area contributed by atoms with Gasteiger partial charge in [-0.05, 0) is 54.8 Å². The first-order chi connectivity index (χ1) is 21.1. The summed E-state index contributed by atoms with van der Waals surface area (Å²) in [4.78, 5) is 18.1. The maximum absolute atomic E-state index is 12.4. The molecule has 0 unspecified atom stereocenters.